The van der Waals surface area contributed by atoms with E-state index in [0.29, 0.717) is 12.1 Å². The van der Waals surface area contributed by atoms with E-state index < -0.39 is 0 Å². The summed E-state index contributed by atoms with van der Waals surface area (Å²) < 4.78 is 11.1. The number of rotatable bonds is 5. The molecular formula is C20H25NO2. The van der Waals surface area contributed by atoms with Crippen LogP contribution >= 0.6 is 0 Å². The van der Waals surface area contributed by atoms with E-state index in [9.17, 15) is 0 Å². The normalized spacial score (nSPS) is 25.1. The van der Waals surface area contributed by atoms with Crippen LogP contribution in [0.3, 0.4) is 0 Å². The van der Waals surface area contributed by atoms with Crippen LogP contribution < -0.4 is 4.74 Å². The molecule has 0 radical (unpaired) electrons. The highest BCUT2D eigenvalue weighted by Crippen LogP contribution is 2.34. The van der Waals surface area contributed by atoms with E-state index in [1.165, 1.54) is 36.8 Å². The number of fused-ring (bicyclic) bond motifs is 3. The van der Waals surface area contributed by atoms with Gasteiger partial charge in [0.05, 0.1) is 13.4 Å². The molecule has 1 aromatic heterocycles. The zero-order valence-electron chi connectivity index (χ0n) is 14.0. The molecule has 1 aliphatic carbocycles. The van der Waals surface area contributed by atoms with Crippen molar-refractivity contribution < 1.29 is 9.15 Å². The van der Waals surface area contributed by atoms with E-state index in [-0.39, 0.29) is 0 Å². The lowest BCUT2D eigenvalue weighted by atomic mass is 9.84. The third kappa shape index (κ3) is 2.67. The largest absolute Gasteiger partial charge is 0.497 e. The second-order valence-corrected chi connectivity index (χ2v) is 6.88. The fraction of sp³-hybridized carbons (Fsp3) is 0.500. The Kier molecular flexibility index (Phi) is 3.90. The molecule has 3 heterocycles. The monoisotopic (exact) mass is 311 g/mol. The summed E-state index contributed by atoms with van der Waals surface area (Å²) >= 11 is 0. The maximum atomic E-state index is 5.76. The number of nitrogens with zero attached hydrogens (tertiary/aromatic N) is 1. The topological polar surface area (TPSA) is 25.6 Å². The highest BCUT2D eigenvalue weighted by molar-refractivity contribution is 5.82. The molecule has 2 aromatic rings. The lowest BCUT2D eigenvalue weighted by Crippen LogP contribution is -2.50. The van der Waals surface area contributed by atoms with Gasteiger partial charge in [-0.05, 0) is 55.4 Å². The number of benzene rings is 1. The van der Waals surface area contributed by atoms with E-state index >= 15 is 0 Å². The first-order valence-electron chi connectivity index (χ1n) is 8.76. The van der Waals surface area contributed by atoms with Crippen LogP contribution in [0, 0.1) is 5.92 Å². The summed E-state index contributed by atoms with van der Waals surface area (Å²) in [5.74, 6) is 1.66. The fourth-order valence-corrected chi connectivity index (χ4v) is 4.21. The zero-order chi connectivity index (χ0) is 15.8. The second kappa shape index (κ2) is 6.04. The summed E-state index contributed by atoms with van der Waals surface area (Å²) in [5.41, 5.74) is 2.26. The van der Waals surface area contributed by atoms with Gasteiger partial charge in [0.1, 0.15) is 11.3 Å². The second-order valence-electron chi connectivity index (χ2n) is 6.88. The van der Waals surface area contributed by atoms with Crippen LogP contribution in [0.5, 0.6) is 5.75 Å². The Morgan fingerprint density at radius 1 is 1.30 bits per heavy atom. The van der Waals surface area contributed by atoms with Gasteiger partial charge in [-0.1, -0.05) is 19.1 Å². The molecule has 2 bridgehead atoms. The van der Waals surface area contributed by atoms with Crippen LogP contribution in [-0.2, 0) is 6.42 Å². The van der Waals surface area contributed by atoms with Crippen molar-refractivity contribution in [2.75, 3.05) is 13.7 Å². The molecule has 3 nitrogen and oxygen atoms in total. The summed E-state index contributed by atoms with van der Waals surface area (Å²) in [5, 5.41) is 1.19. The maximum absolute atomic E-state index is 5.76. The summed E-state index contributed by atoms with van der Waals surface area (Å²) in [6, 6.07) is 7.28. The van der Waals surface area contributed by atoms with Crippen LogP contribution in [0.15, 0.2) is 41.0 Å². The Hall–Kier alpha value is -1.74. The summed E-state index contributed by atoms with van der Waals surface area (Å²) in [6.07, 6.45) is 11.7. The van der Waals surface area contributed by atoms with Crippen LogP contribution in [-0.4, -0.2) is 30.6 Å². The summed E-state index contributed by atoms with van der Waals surface area (Å²) in [4.78, 5) is 2.72. The number of hydrogen-bond donors (Lipinski definition) is 0. The number of methoxy groups -OCH3 is 1. The molecule has 3 atom stereocenters. The Morgan fingerprint density at radius 3 is 2.87 bits per heavy atom. The molecule has 1 aromatic carbocycles. The molecule has 0 amide bonds. The molecule has 0 spiro atoms. The SMILES string of the molecule is CC[C@H](Cc1coc2ccc(OC)cc12)N1CC2C=CC1CC2. The third-order valence-corrected chi connectivity index (χ3v) is 5.57. The van der Waals surface area contributed by atoms with E-state index in [1.54, 1.807) is 7.11 Å². The zero-order valence-corrected chi connectivity index (χ0v) is 14.0. The minimum Gasteiger partial charge on any atom is -0.497 e. The molecular weight excluding hydrogens is 286 g/mol. The number of furan rings is 1. The molecule has 1 saturated heterocycles. The van der Waals surface area contributed by atoms with Crippen molar-refractivity contribution in [3.8, 4) is 5.75 Å². The van der Waals surface area contributed by atoms with Crippen molar-refractivity contribution in [2.45, 2.75) is 44.7 Å². The van der Waals surface area contributed by atoms with Gasteiger partial charge in [0, 0.05) is 24.0 Å². The van der Waals surface area contributed by atoms with Gasteiger partial charge in [-0.15, -0.1) is 0 Å². The average molecular weight is 311 g/mol. The Labute approximate surface area is 137 Å². The predicted molar refractivity (Wildman–Crippen MR) is 92.9 cm³/mol. The standard InChI is InChI=1S/C20H25NO2/c1-3-16(21-12-14-4-6-17(21)7-5-14)10-15-13-23-20-9-8-18(22-2)11-19(15)20/h4,6,8-9,11,13-14,16-17H,3,5,7,10,12H2,1-2H3/t14?,16-,17?/m1/s1. The van der Waals surface area contributed by atoms with Crippen molar-refractivity contribution in [1.29, 1.82) is 0 Å². The van der Waals surface area contributed by atoms with Gasteiger partial charge in [-0.3, -0.25) is 4.90 Å². The van der Waals surface area contributed by atoms with Gasteiger partial charge in [0.25, 0.3) is 0 Å². The molecule has 1 fully saturated rings. The van der Waals surface area contributed by atoms with Crippen LogP contribution in [0.25, 0.3) is 11.0 Å². The van der Waals surface area contributed by atoms with Crippen LogP contribution in [0.2, 0.25) is 0 Å². The third-order valence-electron chi connectivity index (χ3n) is 5.57. The number of hydrogen-bond acceptors (Lipinski definition) is 3. The van der Waals surface area contributed by atoms with Crippen molar-refractivity contribution in [3.63, 3.8) is 0 Å². The van der Waals surface area contributed by atoms with Crippen LogP contribution in [0.4, 0.5) is 0 Å². The van der Waals surface area contributed by atoms with Crippen molar-refractivity contribution in [2.24, 2.45) is 5.92 Å². The molecule has 122 valence electrons. The van der Waals surface area contributed by atoms with Gasteiger partial charge in [-0.25, -0.2) is 0 Å². The molecule has 2 unspecified atom stereocenters. The first-order valence-corrected chi connectivity index (χ1v) is 8.76. The quantitative estimate of drug-likeness (QED) is 0.765. The fourth-order valence-electron chi connectivity index (χ4n) is 4.21. The molecule has 3 heteroatoms. The smallest absolute Gasteiger partial charge is 0.134 e. The Balaban J connectivity index is 1.59. The molecule has 2 aliphatic heterocycles. The van der Waals surface area contributed by atoms with E-state index in [2.05, 4.69) is 30.0 Å². The number of piperidine rings is 1. The lowest BCUT2D eigenvalue weighted by molar-refractivity contribution is 0.0847. The molecule has 0 N–H and O–H groups in total. The van der Waals surface area contributed by atoms with Crippen molar-refractivity contribution >= 4 is 11.0 Å². The van der Waals surface area contributed by atoms with Crippen molar-refractivity contribution in [3.05, 3.63) is 42.2 Å². The first-order chi connectivity index (χ1) is 11.3. The van der Waals surface area contributed by atoms with Gasteiger partial charge >= 0.3 is 0 Å². The van der Waals surface area contributed by atoms with Gasteiger partial charge in [-0.2, -0.15) is 0 Å². The summed E-state index contributed by atoms with van der Waals surface area (Å²) in [7, 11) is 1.71. The Morgan fingerprint density at radius 2 is 2.22 bits per heavy atom. The van der Waals surface area contributed by atoms with E-state index in [1.807, 2.05) is 18.4 Å². The summed E-state index contributed by atoms with van der Waals surface area (Å²) in [6.45, 7) is 3.53. The van der Waals surface area contributed by atoms with Gasteiger partial charge < -0.3 is 9.15 Å². The lowest BCUT2D eigenvalue weighted by Gasteiger charge is -2.45. The van der Waals surface area contributed by atoms with Crippen LogP contribution in [0.1, 0.15) is 31.7 Å². The highest BCUT2D eigenvalue weighted by atomic mass is 16.5. The maximum Gasteiger partial charge on any atom is 0.134 e. The molecule has 3 aliphatic rings. The van der Waals surface area contributed by atoms with E-state index in [0.717, 1.165) is 23.7 Å². The van der Waals surface area contributed by atoms with Crippen molar-refractivity contribution in [1.82, 2.24) is 4.90 Å². The Bertz CT molecular complexity index is 718. The minimum atomic E-state index is 0.583. The minimum absolute atomic E-state index is 0.583. The van der Waals surface area contributed by atoms with Gasteiger partial charge in [0.15, 0.2) is 0 Å². The van der Waals surface area contributed by atoms with Gasteiger partial charge in [0.2, 0.25) is 0 Å². The highest BCUT2D eigenvalue weighted by Gasteiger charge is 2.33. The van der Waals surface area contributed by atoms with E-state index in [4.69, 9.17) is 9.15 Å². The first kappa shape index (κ1) is 14.8. The predicted octanol–water partition coefficient (Wildman–Crippen LogP) is 4.41. The average Bonchev–Trinajstić information content (AvgIpc) is 3.02. The number of ether oxygens (including phenoxy) is 1. The molecule has 23 heavy (non-hydrogen) atoms. The molecule has 5 rings (SSSR count). The molecule has 0 saturated carbocycles.